The molecule has 1 amide bonds. The molecule has 0 aliphatic carbocycles. The Balaban J connectivity index is 1.73. The lowest BCUT2D eigenvalue weighted by Crippen LogP contribution is -2.25. The van der Waals surface area contributed by atoms with Crippen LogP contribution in [0.5, 0.6) is 0 Å². The third-order valence-corrected chi connectivity index (χ3v) is 5.66. The number of carbonyl (C=O) groups is 1. The summed E-state index contributed by atoms with van der Waals surface area (Å²) in [5, 5.41) is 0. The van der Waals surface area contributed by atoms with E-state index in [1.165, 1.54) is 0 Å². The van der Waals surface area contributed by atoms with Crippen LogP contribution in [0.4, 0.5) is 5.69 Å². The molecule has 0 aromatic heterocycles. The van der Waals surface area contributed by atoms with Crippen LogP contribution in [0.1, 0.15) is 24.0 Å². The predicted molar refractivity (Wildman–Crippen MR) is 93.2 cm³/mol. The summed E-state index contributed by atoms with van der Waals surface area (Å²) in [6.45, 7) is 2.89. The van der Waals surface area contributed by atoms with Gasteiger partial charge < -0.3 is 4.90 Å². The van der Waals surface area contributed by atoms with Crippen LogP contribution in [-0.2, 0) is 21.4 Å². The lowest BCUT2D eigenvalue weighted by Gasteiger charge is -2.16. The summed E-state index contributed by atoms with van der Waals surface area (Å²) in [6.07, 6.45) is 1.40. The number of benzene rings is 2. The zero-order chi connectivity index (χ0) is 17.2. The lowest BCUT2D eigenvalue weighted by molar-refractivity contribution is -0.117. The number of hydrogen-bond donors (Lipinski definition) is 1. The van der Waals surface area contributed by atoms with Gasteiger partial charge in [-0.2, -0.15) is 0 Å². The molecule has 3 rings (SSSR count). The third-order valence-electron chi connectivity index (χ3n) is 4.25. The quantitative estimate of drug-likeness (QED) is 0.907. The molecule has 126 valence electrons. The number of nitrogens with one attached hydrogen (secondary N) is 1. The topological polar surface area (TPSA) is 66.5 Å². The van der Waals surface area contributed by atoms with Gasteiger partial charge in [0, 0.05) is 25.2 Å². The van der Waals surface area contributed by atoms with E-state index in [4.69, 9.17) is 0 Å². The Bertz CT molecular complexity index is 845. The van der Waals surface area contributed by atoms with Crippen molar-refractivity contribution in [2.45, 2.75) is 31.2 Å². The van der Waals surface area contributed by atoms with Crippen LogP contribution in [-0.4, -0.2) is 20.9 Å². The minimum Gasteiger partial charge on any atom is -0.312 e. The highest BCUT2D eigenvalue weighted by Gasteiger charge is 2.22. The Labute approximate surface area is 142 Å². The molecule has 24 heavy (non-hydrogen) atoms. The lowest BCUT2D eigenvalue weighted by atomic mass is 10.1. The van der Waals surface area contributed by atoms with E-state index in [0.29, 0.717) is 13.0 Å². The van der Waals surface area contributed by atoms with Crippen molar-refractivity contribution in [3.8, 4) is 0 Å². The Kier molecular flexibility index (Phi) is 4.69. The van der Waals surface area contributed by atoms with Gasteiger partial charge in [-0.3, -0.25) is 4.79 Å². The first-order chi connectivity index (χ1) is 11.5. The maximum atomic E-state index is 12.4. The van der Waals surface area contributed by atoms with Crippen LogP contribution >= 0.6 is 0 Å². The molecular formula is C18H20N2O3S. The van der Waals surface area contributed by atoms with Gasteiger partial charge >= 0.3 is 0 Å². The Hall–Kier alpha value is -2.18. The molecule has 0 unspecified atom stereocenters. The van der Waals surface area contributed by atoms with E-state index in [2.05, 4.69) is 4.72 Å². The van der Waals surface area contributed by atoms with Crippen molar-refractivity contribution in [1.82, 2.24) is 4.72 Å². The fourth-order valence-corrected chi connectivity index (χ4v) is 3.80. The van der Waals surface area contributed by atoms with Gasteiger partial charge in [-0.05, 0) is 48.7 Å². The highest BCUT2D eigenvalue weighted by Crippen LogP contribution is 2.23. The maximum absolute atomic E-state index is 12.4. The first-order valence-electron chi connectivity index (χ1n) is 7.92. The number of aryl methyl sites for hydroxylation is 1. The first-order valence-corrected chi connectivity index (χ1v) is 9.40. The smallest absolute Gasteiger partial charge is 0.240 e. The number of hydrogen-bond acceptors (Lipinski definition) is 3. The number of rotatable bonds is 5. The highest BCUT2D eigenvalue weighted by molar-refractivity contribution is 7.89. The average molecular weight is 344 g/mol. The molecule has 0 bridgehead atoms. The SMILES string of the molecule is Cc1ccccc1CNS(=O)(=O)c1ccc(N2CCCC2=O)cc1. The van der Waals surface area contributed by atoms with Crippen molar-refractivity contribution < 1.29 is 13.2 Å². The van der Waals surface area contributed by atoms with Crippen molar-refractivity contribution >= 4 is 21.6 Å². The molecule has 0 radical (unpaired) electrons. The van der Waals surface area contributed by atoms with Crippen LogP contribution in [0.3, 0.4) is 0 Å². The van der Waals surface area contributed by atoms with Gasteiger partial charge in [0.05, 0.1) is 4.90 Å². The van der Waals surface area contributed by atoms with Crippen LogP contribution in [0, 0.1) is 6.92 Å². The number of anilines is 1. The molecule has 2 aromatic rings. The maximum Gasteiger partial charge on any atom is 0.240 e. The summed E-state index contributed by atoms with van der Waals surface area (Å²) in [7, 11) is -3.58. The summed E-state index contributed by atoms with van der Waals surface area (Å²) in [6, 6.07) is 14.1. The molecule has 1 saturated heterocycles. The van der Waals surface area contributed by atoms with E-state index in [-0.39, 0.29) is 17.3 Å². The normalized spacial score (nSPS) is 15.0. The Morgan fingerprint density at radius 1 is 1.08 bits per heavy atom. The second-order valence-electron chi connectivity index (χ2n) is 5.89. The van der Waals surface area contributed by atoms with Crippen LogP contribution in [0.2, 0.25) is 0 Å². The summed E-state index contributed by atoms with van der Waals surface area (Å²) < 4.78 is 27.5. The number of carbonyl (C=O) groups excluding carboxylic acids is 1. The third kappa shape index (κ3) is 3.49. The van der Waals surface area contributed by atoms with E-state index in [9.17, 15) is 13.2 Å². The molecule has 1 N–H and O–H groups in total. The van der Waals surface area contributed by atoms with Crippen LogP contribution in [0.15, 0.2) is 53.4 Å². The molecular weight excluding hydrogens is 324 g/mol. The fourth-order valence-electron chi connectivity index (χ4n) is 2.79. The average Bonchev–Trinajstić information content (AvgIpc) is 3.00. The molecule has 6 heteroatoms. The van der Waals surface area contributed by atoms with Gasteiger partial charge in [-0.1, -0.05) is 24.3 Å². The van der Waals surface area contributed by atoms with Crippen molar-refractivity contribution in [3.05, 3.63) is 59.7 Å². The molecule has 2 aromatic carbocycles. The van der Waals surface area contributed by atoms with E-state index < -0.39 is 10.0 Å². The zero-order valence-corrected chi connectivity index (χ0v) is 14.3. The summed E-state index contributed by atoms with van der Waals surface area (Å²) >= 11 is 0. The van der Waals surface area contributed by atoms with Crippen LogP contribution in [0.25, 0.3) is 0 Å². The van der Waals surface area contributed by atoms with Crippen LogP contribution < -0.4 is 9.62 Å². The highest BCUT2D eigenvalue weighted by atomic mass is 32.2. The Morgan fingerprint density at radius 2 is 1.79 bits per heavy atom. The van der Waals surface area contributed by atoms with Crippen molar-refractivity contribution in [3.63, 3.8) is 0 Å². The van der Waals surface area contributed by atoms with Crippen molar-refractivity contribution in [1.29, 1.82) is 0 Å². The van der Waals surface area contributed by atoms with E-state index >= 15 is 0 Å². The second-order valence-corrected chi connectivity index (χ2v) is 7.66. The number of amides is 1. The van der Waals surface area contributed by atoms with Gasteiger partial charge in [-0.25, -0.2) is 13.1 Å². The van der Waals surface area contributed by atoms with Crippen molar-refractivity contribution in [2.24, 2.45) is 0 Å². The van der Waals surface area contributed by atoms with E-state index in [1.54, 1.807) is 29.2 Å². The zero-order valence-electron chi connectivity index (χ0n) is 13.5. The molecule has 1 aliphatic rings. The fraction of sp³-hybridized carbons (Fsp3) is 0.278. The van der Waals surface area contributed by atoms with E-state index in [1.807, 2.05) is 31.2 Å². The molecule has 0 spiro atoms. The molecule has 5 nitrogen and oxygen atoms in total. The van der Waals surface area contributed by atoms with Crippen molar-refractivity contribution in [2.75, 3.05) is 11.4 Å². The molecule has 0 atom stereocenters. The monoisotopic (exact) mass is 344 g/mol. The molecule has 1 aliphatic heterocycles. The summed E-state index contributed by atoms with van der Waals surface area (Å²) in [5.41, 5.74) is 2.74. The molecule has 1 heterocycles. The number of sulfonamides is 1. The number of nitrogens with zero attached hydrogens (tertiary/aromatic N) is 1. The van der Waals surface area contributed by atoms with Gasteiger partial charge in [0.25, 0.3) is 0 Å². The minimum atomic E-state index is -3.58. The van der Waals surface area contributed by atoms with Gasteiger partial charge in [0.1, 0.15) is 0 Å². The largest absolute Gasteiger partial charge is 0.312 e. The summed E-state index contributed by atoms with van der Waals surface area (Å²) in [4.78, 5) is 13.6. The van der Waals surface area contributed by atoms with Gasteiger partial charge in [0.2, 0.25) is 15.9 Å². The minimum absolute atomic E-state index is 0.0864. The first kappa shape index (κ1) is 16.7. The predicted octanol–water partition coefficient (Wildman–Crippen LogP) is 2.60. The van der Waals surface area contributed by atoms with Gasteiger partial charge in [0.15, 0.2) is 0 Å². The van der Waals surface area contributed by atoms with E-state index in [0.717, 1.165) is 23.2 Å². The Morgan fingerprint density at radius 3 is 2.42 bits per heavy atom. The summed E-state index contributed by atoms with van der Waals surface area (Å²) in [5.74, 6) is 0.0864. The molecule has 0 saturated carbocycles. The second kappa shape index (κ2) is 6.75. The van der Waals surface area contributed by atoms with Gasteiger partial charge in [-0.15, -0.1) is 0 Å². The standard InChI is InChI=1S/C18H20N2O3S/c1-14-5-2-3-6-15(14)13-19-24(22,23)17-10-8-16(9-11-17)20-12-4-7-18(20)21/h2-3,5-6,8-11,19H,4,7,12-13H2,1H3. The molecule has 1 fully saturated rings.